The fraction of sp³-hybridized carbons (Fsp3) is 0.200. The predicted molar refractivity (Wildman–Crippen MR) is 103 cm³/mol. The van der Waals surface area contributed by atoms with E-state index in [1.807, 2.05) is 60.7 Å². The van der Waals surface area contributed by atoms with Crippen molar-refractivity contribution in [2.24, 2.45) is 0 Å². The van der Waals surface area contributed by atoms with Crippen LogP contribution in [0.5, 0.6) is 0 Å². The Hall–Kier alpha value is -3.52. The van der Waals surface area contributed by atoms with E-state index in [1.165, 1.54) is 0 Å². The van der Waals surface area contributed by atoms with Gasteiger partial charge in [0, 0.05) is 18.5 Å². The number of para-hydroxylation sites is 1. The first-order valence-corrected chi connectivity index (χ1v) is 8.98. The number of nitrogens with one attached hydrogen (secondary N) is 2. The zero-order valence-corrected chi connectivity index (χ0v) is 15.2. The Kier molecular flexibility index (Phi) is 6.48. The molecule has 1 heterocycles. The van der Waals surface area contributed by atoms with Gasteiger partial charge in [0.15, 0.2) is 5.82 Å². The summed E-state index contributed by atoms with van der Waals surface area (Å²) < 4.78 is 1.65. The maximum Gasteiger partial charge on any atom is 0.290 e. The first-order valence-electron chi connectivity index (χ1n) is 8.98. The molecule has 0 saturated heterocycles. The van der Waals surface area contributed by atoms with E-state index >= 15 is 0 Å². The van der Waals surface area contributed by atoms with E-state index in [4.69, 9.17) is 5.21 Å². The fourth-order valence-electron chi connectivity index (χ4n) is 2.68. The first-order chi connectivity index (χ1) is 13.7. The van der Waals surface area contributed by atoms with Gasteiger partial charge in [-0.3, -0.25) is 14.8 Å². The Balaban J connectivity index is 1.74. The molecule has 28 heavy (non-hydrogen) atoms. The standard InChI is InChI=1S/C20H21N5O3/c26-17(24-28)13-7-8-14-21-20(27)18-22-19(15-9-3-1-4-10-15)25(23-18)16-11-5-2-6-12-16/h1-6,9-12,28H,7-8,13-14H2,(H,21,27)(H,24,26). The Morgan fingerprint density at radius 3 is 2.32 bits per heavy atom. The average molecular weight is 379 g/mol. The normalized spacial score (nSPS) is 10.5. The van der Waals surface area contributed by atoms with Crippen molar-refractivity contribution in [3.8, 4) is 17.1 Å². The second-order valence-electron chi connectivity index (χ2n) is 6.12. The lowest BCUT2D eigenvalue weighted by atomic mass is 10.2. The van der Waals surface area contributed by atoms with Crippen molar-refractivity contribution in [1.82, 2.24) is 25.6 Å². The molecule has 8 heteroatoms. The number of aromatic nitrogens is 3. The molecule has 2 amide bonds. The number of carbonyl (C=O) groups is 2. The van der Waals surface area contributed by atoms with Gasteiger partial charge in [-0.2, -0.15) is 0 Å². The lowest BCUT2D eigenvalue weighted by Crippen LogP contribution is -2.26. The molecule has 8 nitrogen and oxygen atoms in total. The number of rotatable bonds is 8. The zero-order valence-electron chi connectivity index (χ0n) is 15.2. The SMILES string of the molecule is O=C(CCCCNC(=O)c1nc(-c2ccccc2)n(-c2ccccc2)n1)NO. The maximum absolute atomic E-state index is 12.5. The molecule has 0 aliphatic rings. The van der Waals surface area contributed by atoms with E-state index in [1.54, 1.807) is 10.2 Å². The summed E-state index contributed by atoms with van der Waals surface area (Å²) in [7, 11) is 0. The third-order valence-corrected chi connectivity index (χ3v) is 4.08. The van der Waals surface area contributed by atoms with Crippen molar-refractivity contribution in [2.75, 3.05) is 6.54 Å². The van der Waals surface area contributed by atoms with Gasteiger partial charge in [0.05, 0.1) is 5.69 Å². The van der Waals surface area contributed by atoms with Crippen molar-refractivity contribution >= 4 is 11.8 Å². The second-order valence-corrected chi connectivity index (χ2v) is 6.12. The molecule has 0 radical (unpaired) electrons. The van der Waals surface area contributed by atoms with E-state index in [0.29, 0.717) is 25.2 Å². The van der Waals surface area contributed by atoms with Crippen LogP contribution in [-0.2, 0) is 4.79 Å². The van der Waals surface area contributed by atoms with Gasteiger partial charge in [-0.25, -0.2) is 15.1 Å². The predicted octanol–water partition coefficient (Wildman–Crippen LogP) is 2.34. The van der Waals surface area contributed by atoms with Crippen LogP contribution in [-0.4, -0.2) is 38.3 Å². The molecule has 3 N–H and O–H groups in total. The van der Waals surface area contributed by atoms with E-state index in [2.05, 4.69) is 15.4 Å². The monoisotopic (exact) mass is 379 g/mol. The lowest BCUT2D eigenvalue weighted by molar-refractivity contribution is -0.129. The minimum atomic E-state index is -0.442. The molecule has 0 spiro atoms. The second kappa shape index (κ2) is 9.43. The number of hydroxylamine groups is 1. The molecular formula is C20H21N5O3. The summed E-state index contributed by atoms with van der Waals surface area (Å²) >= 11 is 0. The van der Waals surface area contributed by atoms with Crippen molar-refractivity contribution in [1.29, 1.82) is 0 Å². The Bertz CT molecular complexity index is 869. The third-order valence-electron chi connectivity index (χ3n) is 4.08. The van der Waals surface area contributed by atoms with Gasteiger partial charge >= 0.3 is 0 Å². The van der Waals surface area contributed by atoms with Gasteiger partial charge in [-0.15, -0.1) is 5.10 Å². The highest BCUT2D eigenvalue weighted by Crippen LogP contribution is 2.20. The number of nitrogens with zero attached hydrogens (tertiary/aromatic N) is 3. The van der Waals surface area contributed by atoms with E-state index < -0.39 is 5.91 Å². The van der Waals surface area contributed by atoms with Crippen molar-refractivity contribution in [2.45, 2.75) is 19.3 Å². The number of hydrogen-bond acceptors (Lipinski definition) is 5. The van der Waals surface area contributed by atoms with Crippen LogP contribution in [0, 0.1) is 0 Å². The Labute approximate surface area is 162 Å². The fourth-order valence-corrected chi connectivity index (χ4v) is 2.68. The largest absolute Gasteiger partial charge is 0.349 e. The summed E-state index contributed by atoms with van der Waals surface area (Å²) in [5.74, 6) is -0.159. The van der Waals surface area contributed by atoms with Crippen LogP contribution in [0.2, 0.25) is 0 Å². The minimum absolute atomic E-state index is 0.0795. The van der Waals surface area contributed by atoms with Crippen LogP contribution < -0.4 is 10.8 Å². The molecule has 0 bridgehead atoms. The van der Waals surface area contributed by atoms with Crippen LogP contribution >= 0.6 is 0 Å². The molecule has 3 rings (SSSR count). The molecule has 3 aromatic rings. The van der Waals surface area contributed by atoms with Crippen molar-refractivity contribution < 1.29 is 14.8 Å². The maximum atomic E-state index is 12.5. The molecule has 0 atom stereocenters. The van der Waals surface area contributed by atoms with Crippen LogP contribution in [0.15, 0.2) is 60.7 Å². The lowest BCUT2D eigenvalue weighted by Gasteiger charge is -2.05. The quantitative estimate of drug-likeness (QED) is 0.316. The van der Waals surface area contributed by atoms with Crippen LogP contribution in [0.1, 0.15) is 29.9 Å². The molecule has 0 fully saturated rings. The highest BCUT2D eigenvalue weighted by molar-refractivity contribution is 5.91. The third kappa shape index (κ3) is 4.80. The van der Waals surface area contributed by atoms with E-state index in [9.17, 15) is 9.59 Å². The number of hydrogen-bond donors (Lipinski definition) is 3. The van der Waals surface area contributed by atoms with Gasteiger partial charge in [0.2, 0.25) is 11.7 Å². The molecule has 144 valence electrons. The van der Waals surface area contributed by atoms with Crippen LogP contribution in [0.4, 0.5) is 0 Å². The molecular weight excluding hydrogens is 358 g/mol. The topological polar surface area (TPSA) is 109 Å². The first kappa shape index (κ1) is 19.2. The minimum Gasteiger partial charge on any atom is -0.349 e. The average Bonchev–Trinajstić information content (AvgIpc) is 3.20. The molecule has 0 aliphatic heterocycles. The van der Waals surface area contributed by atoms with Gasteiger partial charge in [0.1, 0.15) is 0 Å². The van der Waals surface area contributed by atoms with E-state index in [0.717, 1.165) is 11.3 Å². The molecule has 0 aliphatic carbocycles. The van der Waals surface area contributed by atoms with Gasteiger partial charge in [-0.1, -0.05) is 48.5 Å². The van der Waals surface area contributed by atoms with Gasteiger partial charge in [0.25, 0.3) is 5.91 Å². The summed E-state index contributed by atoms with van der Waals surface area (Å²) in [5.41, 5.74) is 3.24. The highest BCUT2D eigenvalue weighted by atomic mass is 16.5. The summed E-state index contributed by atoms with van der Waals surface area (Å²) in [5, 5.41) is 15.6. The van der Waals surface area contributed by atoms with E-state index in [-0.39, 0.29) is 18.2 Å². The summed E-state index contributed by atoms with van der Waals surface area (Å²) in [6.07, 6.45) is 1.35. The van der Waals surface area contributed by atoms with Crippen LogP contribution in [0.25, 0.3) is 17.1 Å². The Morgan fingerprint density at radius 2 is 1.64 bits per heavy atom. The number of carbonyl (C=O) groups excluding carboxylic acids is 2. The zero-order chi connectivity index (χ0) is 19.8. The number of unbranched alkanes of at least 4 members (excludes halogenated alkanes) is 1. The molecule has 1 aromatic heterocycles. The molecule has 0 unspecified atom stereocenters. The summed E-state index contributed by atoms with van der Waals surface area (Å²) in [6, 6.07) is 19.1. The van der Waals surface area contributed by atoms with Crippen molar-refractivity contribution in [3.63, 3.8) is 0 Å². The van der Waals surface area contributed by atoms with Crippen LogP contribution in [0.3, 0.4) is 0 Å². The van der Waals surface area contributed by atoms with Crippen molar-refractivity contribution in [3.05, 3.63) is 66.5 Å². The molecule has 0 saturated carbocycles. The summed E-state index contributed by atoms with van der Waals surface area (Å²) in [6.45, 7) is 0.387. The Morgan fingerprint density at radius 1 is 0.964 bits per heavy atom. The summed E-state index contributed by atoms with van der Waals surface area (Å²) in [4.78, 5) is 27.9. The number of amides is 2. The molecule has 2 aromatic carbocycles. The number of benzene rings is 2. The van der Waals surface area contributed by atoms with Gasteiger partial charge in [-0.05, 0) is 25.0 Å². The highest BCUT2D eigenvalue weighted by Gasteiger charge is 2.18. The smallest absolute Gasteiger partial charge is 0.290 e. The van der Waals surface area contributed by atoms with Gasteiger partial charge < -0.3 is 5.32 Å².